The number of methoxy groups -OCH3 is 2. The number of rotatable bonds is 8. The number of alkyl halides is 2. The highest BCUT2D eigenvalue weighted by Gasteiger charge is 2.14. The molecule has 0 saturated heterocycles. The maximum Gasteiger partial charge on any atom is 0.387 e. The molecule has 19 heavy (non-hydrogen) atoms. The molecule has 108 valence electrons. The summed E-state index contributed by atoms with van der Waals surface area (Å²) in [6.07, 6.45) is 0.791. The van der Waals surface area contributed by atoms with E-state index in [-0.39, 0.29) is 11.8 Å². The first kappa shape index (κ1) is 15.5. The van der Waals surface area contributed by atoms with E-state index >= 15 is 0 Å². The number of nitrogens with one attached hydrogen (secondary N) is 1. The van der Waals surface area contributed by atoms with Crippen LogP contribution in [0.5, 0.6) is 11.5 Å². The highest BCUT2D eigenvalue weighted by Crippen LogP contribution is 2.31. The van der Waals surface area contributed by atoms with Crippen LogP contribution in [0.1, 0.15) is 13.3 Å². The summed E-state index contributed by atoms with van der Waals surface area (Å²) in [5.74, 6) is 0.654. The predicted molar refractivity (Wildman–Crippen MR) is 69.2 cm³/mol. The molecule has 0 aliphatic heterocycles. The zero-order chi connectivity index (χ0) is 14.3. The average molecular weight is 275 g/mol. The van der Waals surface area contributed by atoms with E-state index in [1.54, 1.807) is 19.2 Å². The molecule has 0 saturated carbocycles. The summed E-state index contributed by atoms with van der Waals surface area (Å²) in [7, 11) is 3.10. The van der Waals surface area contributed by atoms with Crippen LogP contribution in [-0.2, 0) is 4.74 Å². The maximum absolute atomic E-state index is 12.3. The predicted octanol–water partition coefficient (Wildman–Crippen LogP) is 3.13. The van der Waals surface area contributed by atoms with Gasteiger partial charge >= 0.3 is 6.61 Å². The minimum Gasteiger partial charge on any atom is -0.497 e. The van der Waals surface area contributed by atoms with Crippen LogP contribution in [0.15, 0.2) is 18.2 Å². The zero-order valence-corrected chi connectivity index (χ0v) is 11.3. The minimum absolute atomic E-state index is 0.0112. The van der Waals surface area contributed by atoms with Crippen molar-refractivity contribution in [3.8, 4) is 11.5 Å². The minimum atomic E-state index is -2.86. The van der Waals surface area contributed by atoms with E-state index in [0.29, 0.717) is 18.0 Å². The molecule has 0 aromatic heterocycles. The Labute approximate surface area is 111 Å². The Kier molecular flexibility index (Phi) is 6.35. The summed E-state index contributed by atoms with van der Waals surface area (Å²) in [5.41, 5.74) is 0.462. The van der Waals surface area contributed by atoms with Gasteiger partial charge in [0.25, 0.3) is 0 Å². The molecule has 0 bridgehead atoms. The van der Waals surface area contributed by atoms with Crippen molar-refractivity contribution in [3.05, 3.63) is 18.2 Å². The lowest BCUT2D eigenvalue weighted by Crippen LogP contribution is -2.24. The Morgan fingerprint density at radius 3 is 2.53 bits per heavy atom. The molecule has 1 aromatic rings. The van der Waals surface area contributed by atoms with E-state index in [0.717, 1.165) is 6.42 Å². The molecule has 4 nitrogen and oxygen atoms in total. The number of ether oxygens (including phenoxy) is 3. The Morgan fingerprint density at radius 1 is 1.26 bits per heavy atom. The molecule has 0 aliphatic carbocycles. The Morgan fingerprint density at radius 2 is 2.00 bits per heavy atom. The summed E-state index contributed by atoms with van der Waals surface area (Å²) < 4.78 is 39.3. The topological polar surface area (TPSA) is 39.7 Å². The lowest BCUT2D eigenvalue weighted by molar-refractivity contribution is -0.0494. The van der Waals surface area contributed by atoms with E-state index < -0.39 is 6.61 Å². The smallest absolute Gasteiger partial charge is 0.387 e. The molecule has 1 N–H and O–H groups in total. The Bertz CT molecular complexity index is 388. The van der Waals surface area contributed by atoms with Crippen molar-refractivity contribution in [3.63, 3.8) is 0 Å². The largest absolute Gasteiger partial charge is 0.497 e. The monoisotopic (exact) mass is 275 g/mol. The average Bonchev–Trinajstić information content (AvgIpc) is 2.39. The van der Waals surface area contributed by atoms with E-state index in [2.05, 4.69) is 10.1 Å². The molecule has 1 aromatic carbocycles. The third kappa shape index (κ3) is 4.90. The third-order valence-corrected chi connectivity index (χ3v) is 2.62. The first-order chi connectivity index (χ1) is 9.10. The van der Waals surface area contributed by atoms with Crippen LogP contribution in [0.4, 0.5) is 14.5 Å². The van der Waals surface area contributed by atoms with Crippen molar-refractivity contribution in [2.24, 2.45) is 0 Å². The van der Waals surface area contributed by atoms with Gasteiger partial charge in [0.2, 0.25) is 0 Å². The molecule has 0 fully saturated rings. The van der Waals surface area contributed by atoms with Crippen molar-refractivity contribution >= 4 is 5.69 Å². The van der Waals surface area contributed by atoms with Gasteiger partial charge in [0.1, 0.15) is 11.5 Å². The van der Waals surface area contributed by atoms with Crippen LogP contribution >= 0.6 is 0 Å². The molecule has 1 atom stereocenters. The quantitative estimate of drug-likeness (QED) is 0.791. The molecule has 0 radical (unpaired) electrons. The van der Waals surface area contributed by atoms with E-state index in [9.17, 15) is 8.78 Å². The molecular formula is C13H19F2NO3. The molecule has 0 aliphatic rings. The maximum atomic E-state index is 12.3. The van der Waals surface area contributed by atoms with Crippen LogP contribution in [0.25, 0.3) is 0 Å². The van der Waals surface area contributed by atoms with Gasteiger partial charge in [-0.2, -0.15) is 8.78 Å². The van der Waals surface area contributed by atoms with Crippen molar-refractivity contribution in [2.75, 3.05) is 26.1 Å². The second-order valence-electron chi connectivity index (χ2n) is 3.95. The van der Waals surface area contributed by atoms with Gasteiger partial charge in [-0.1, -0.05) is 6.92 Å². The normalized spacial score (nSPS) is 12.3. The molecule has 1 unspecified atom stereocenters. The van der Waals surface area contributed by atoms with E-state index in [1.807, 2.05) is 6.92 Å². The van der Waals surface area contributed by atoms with Gasteiger partial charge in [-0.05, 0) is 18.6 Å². The fourth-order valence-corrected chi connectivity index (χ4v) is 1.63. The van der Waals surface area contributed by atoms with Gasteiger partial charge in [0.05, 0.1) is 19.4 Å². The lowest BCUT2D eigenvalue weighted by atomic mass is 10.2. The first-order valence-corrected chi connectivity index (χ1v) is 5.99. The van der Waals surface area contributed by atoms with Crippen LogP contribution < -0.4 is 14.8 Å². The summed E-state index contributed by atoms with van der Waals surface area (Å²) in [5, 5.41) is 3.11. The van der Waals surface area contributed by atoms with Gasteiger partial charge in [-0.3, -0.25) is 0 Å². The molecule has 0 heterocycles. The van der Waals surface area contributed by atoms with Gasteiger partial charge in [-0.15, -0.1) is 0 Å². The van der Waals surface area contributed by atoms with Crippen molar-refractivity contribution < 1.29 is 23.0 Å². The van der Waals surface area contributed by atoms with Crippen molar-refractivity contribution in [1.29, 1.82) is 0 Å². The van der Waals surface area contributed by atoms with Crippen molar-refractivity contribution in [2.45, 2.75) is 26.0 Å². The van der Waals surface area contributed by atoms with E-state index in [4.69, 9.17) is 9.47 Å². The molecule has 0 amide bonds. The van der Waals surface area contributed by atoms with Crippen LogP contribution in [0.3, 0.4) is 0 Å². The highest BCUT2D eigenvalue weighted by atomic mass is 19.3. The number of hydrogen-bond acceptors (Lipinski definition) is 4. The number of halogens is 2. The SMILES string of the molecule is CCC(COC)Nc1cc(OC)ccc1OC(F)F. The second kappa shape index (κ2) is 7.78. The standard InChI is InChI=1S/C13H19F2NO3/c1-4-9(8-17-2)16-11-7-10(18-3)5-6-12(11)19-13(14)15/h5-7,9,13,16H,4,8H2,1-3H3. The van der Waals surface area contributed by atoms with Crippen LogP contribution in [0.2, 0.25) is 0 Å². The fraction of sp³-hybridized carbons (Fsp3) is 0.538. The number of benzene rings is 1. The van der Waals surface area contributed by atoms with Gasteiger partial charge in [-0.25, -0.2) is 0 Å². The van der Waals surface area contributed by atoms with Crippen LogP contribution in [0, 0.1) is 0 Å². The number of anilines is 1. The third-order valence-electron chi connectivity index (χ3n) is 2.62. The number of hydrogen-bond donors (Lipinski definition) is 1. The van der Waals surface area contributed by atoms with Crippen molar-refractivity contribution in [1.82, 2.24) is 0 Å². The van der Waals surface area contributed by atoms with Gasteiger partial charge in [0, 0.05) is 19.2 Å². The van der Waals surface area contributed by atoms with Gasteiger partial charge < -0.3 is 19.5 Å². The Balaban J connectivity index is 2.92. The molecule has 1 rings (SSSR count). The first-order valence-electron chi connectivity index (χ1n) is 5.99. The lowest BCUT2D eigenvalue weighted by Gasteiger charge is -2.20. The highest BCUT2D eigenvalue weighted by molar-refractivity contribution is 5.60. The summed E-state index contributed by atoms with van der Waals surface area (Å²) in [6.45, 7) is -0.414. The van der Waals surface area contributed by atoms with Gasteiger partial charge in [0.15, 0.2) is 0 Å². The second-order valence-corrected chi connectivity index (χ2v) is 3.95. The molecule has 0 spiro atoms. The molecular weight excluding hydrogens is 256 g/mol. The summed E-state index contributed by atoms with van der Waals surface area (Å²) in [6, 6.07) is 4.65. The zero-order valence-electron chi connectivity index (χ0n) is 11.3. The fourth-order valence-electron chi connectivity index (χ4n) is 1.63. The molecule has 6 heteroatoms. The van der Waals surface area contributed by atoms with E-state index in [1.165, 1.54) is 13.2 Å². The Hall–Kier alpha value is -1.56. The summed E-state index contributed by atoms with van der Waals surface area (Å²) in [4.78, 5) is 0. The summed E-state index contributed by atoms with van der Waals surface area (Å²) >= 11 is 0. The van der Waals surface area contributed by atoms with Crippen LogP contribution in [-0.4, -0.2) is 33.5 Å².